The summed E-state index contributed by atoms with van der Waals surface area (Å²) in [6.07, 6.45) is 3.44. The molecule has 7 heteroatoms. The van der Waals surface area contributed by atoms with Gasteiger partial charge in [-0.25, -0.2) is 9.78 Å². The average molecular weight is 279 g/mol. The third kappa shape index (κ3) is 2.92. The topological polar surface area (TPSA) is 81.1 Å². The van der Waals surface area contributed by atoms with Crippen LogP contribution in [0.5, 0.6) is 0 Å². The van der Waals surface area contributed by atoms with Crippen molar-refractivity contribution in [1.29, 1.82) is 0 Å². The predicted molar refractivity (Wildman–Crippen MR) is 71.8 cm³/mol. The standard InChI is InChI=1S/C13H21N5O2/c1-18-12(16-8-17-18)6-15-13(19)20-7-9-2-10-4-14-5-11(10)3-9/h8-11,14H,2-7H2,1H3,(H,15,19). The van der Waals surface area contributed by atoms with E-state index in [1.165, 1.54) is 19.2 Å². The van der Waals surface area contributed by atoms with Crippen LogP contribution in [0.3, 0.4) is 0 Å². The molecule has 1 aromatic rings. The van der Waals surface area contributed by atoms with Crippen LogP contribution >= 0.6 is 0 Å². The van der Waals surface area contributed by atoms with Crippen LogP contribution in [0, 0.1) is 17.8 Å². The molecule has 7 nitrogen and oxygen atoms in total. The lowest BCUT2D eigenvalue weighted by Gasteiger charge is -2.12. The highest BCUT2D eigenvalue weighted by molar-refractivity contribution is 5.66. The Labute approximate surface area is 118 Å². The second-order valence-corrected chi connectivity index (χ2v) is 5.77. The average Bonchev–Trinajstić information content (AvgIpc) is 3.09. The van der Waals surface area contributed by atoms with E-state index in [0.29, 0.717) is 24.9 Å². The van der Waals surface area contributed by atoms with E-state index < -0.39 is 0 Å². The van der Waals surface area contributed by atoms with Crippen molar-refractivity contribution in [2.45, 2.75) is 19.4 Å². The van der Waals surface area contributed by atoms with E-state index in [2.05, 4.69) is 20.7 Å². The molecule has 2 aliphatic rings. The van der Waals surface area contributed by atoms with Crippen molar-refractivity contribution in [2.24, 2.45) is 24.8 Å². The second kappa shape index (κ2) is 5.78. The molecule has 2 fully saturated rings. The molecular formula is C13H21N5O2. The van der Waals surface area contributed by atoms with Gasteiger partial charge in [-0.05, 0) is 43.7 Å². The largest absolute Gasteiger partial charge is 0.449 e. The second-order valence-electron chi connectivity index (χ2n) is 5.77. The lowest BCUT2D eigenvalue weighted by molar-refractivity contribution is 0.125. The van der Waals surface area contributed by atoms with Crippen molar-refractivity contribution in [3.8, 4) is 0 Å². The third-order valence-corrected chi connectivity index (χ3v) is 4.40. The Kier molecular flexibility index (Phi) is 3.86. The molecule has 1 saturated carbocycles. The molecular weight excluding hydrogens is 258 g/mol. The molecule has 3 rings (SSSR count). The molecule has 2 atom stereocenters. The number of carbonyl (C=O) groups is 1. The summed E-state index contributed by atoms with van der Waals surface area (Å²) in [6.45, 7) is 3.12. The Bertz CT molecular complexity index is 463. The first-order valence-corrected chi connectivity index (χ1v) is 7.16. The summed E-state index contributed by atoms with van der Waals surface area (Å²) in [4.78, 5) is 15.7. The van der Waals surface area contributed by atoms with E-state index in [1.54, 1.807) is 11.7 Å². The van der Waals surface area contributed by atoms with Gasteiger partial charge in [-0.15, -0.1) is 0 Å². The van der Waals surface area contributed by atoms with Crippen molar-refractivity contribution in [1.82, 2.24) is 25.4 Å². The van der Waals surface area contributed by atoms with Crippen LogP contribution in [-0.4, -0.2) is 40.6 Å². The normalized spacial score (nSPS) is 28.4. The molecule has 20 heavy (non-hydrogen) atoms. The first-order valence-electron chi connectivity index (χ1n) is 7.16. The number of alkyl carbamates (subject to hydrolysis) is 1. The Hall–Kier alpha value is -1.63. The molecule has 2 heterocycles. The van der Waals surface area contributed by atoms with Crippen LogP contribution in [-0.2, 0) is 18.3 Å². The van der Waals surface area contributed by atoms with Crippen LogP contribution in [0.25, 0.3) is 0 Å². The number of nitrogens with one attached hydrogen (secondary N) is 2. The number of amides is 1. The number of hydrogen-bond acceptors (Lipinski definition) is 5. The lowest BCUT2D eigenvalue weighted by Crippen LogP contribution is -2.27. The minimum Gasteiger partial charge on any atom is -0.449 e. The number of fused-ring (bicyclic) bond motifs is 1. The van der Waals surface area contributed by atoms with Crippen LogP contribution in [0.4, 0.5) is 4.79 Å². The Balaban J connectivity index is 1.36. The number of aromatic nitrogens is 3. The van der Waals surface area contributed by atoms with Gasteiger partial charge in [-0.1, -0.05) is 0 Å². The first-order chi connectivity index (χ1) is 9.72. The van der Waals surface area contributed by atoms with Gasteiger partial charge in [-0.2, -0.15) is 5.10 Å². The number of aryl methyl sites for hydroxylation is 1. The van der Waals surface area contributed by atoms with Crippen molar-refractivity contribution in [3.05, 3.63) is 12.2 Å². The predicted octanol–water partition coefficient (Wildman–Crippen LogP) is 0.287. The van der Waals surface area contributed by atoms with E-state index in [-0.39, 0.29) is 6.09 Å². The van der Waals surface area contributed by atoms with E-state index >= 15 is 0 Å². The van der Waals surface area contributed by atoms with E-state index in [1.807, 2.05) is 0 Å². The maximum Gasteiger partial charge on any atom is 0.407 e. The van der Waals surface area contributed by atoms with Gasteiger partial charge in [0.15, 0.2) is 0 Å². The van der Waals surface area contributed by atoms with Crippen LogP contribution in [0.1, 0.15) is 18.7 Å². The Morgan fingerprint density at radius 3 is 2.90 bits per heavy atom. The van der Waals surface area contributed by atoms with Gasteiger partial charge in [0.1, 0.15) is 12.2 Å². The number of ether oxygens (including phenoxy) is 1. The summed E-state index contributed by atoms with van der Waals surface area (Å²) in [7, 11) is 1.79. The van der Waals surface area contributed by atoms with Gasteiger partial charge < -0.3 is 15.4 Å². The number of hydrogen-bond donors (Lipinski definition) is 2. The summed E-state index contributed by atoms with van der Waals surface area (Å²) in [5.74, 6) is 2.80. The molecule has 110 valence electrons. The minimum absolute atomic E-state index is 0.342. The zero-order valence-electron chi connectivity index (χ0n) is 11.7. The summed E-state index contributed by atoms with van der Waals surface area (Å²) in [6, 6.07) is 0. The van der Waals surface area contributed by atoms with Gasteiger partial charge in [0.25, 0.3) is 0 Å². The summed E-state index contributed by atoms with van der Waals surface area (Å²) in [5, 5.41) is 10.1. The first kappa shape index (κ1) is 13.4. The zero-order chi connectivity index (χ0) is 13.9. The monoisotopic (exact) mass is 279 g/mol. The minimum atomic E-state index is -0.372. The highest BCUT2D eigenvalue weighted by Crippen LogP contribution is 2.38. The maximum atomic E-state index is 11.6. The summed E-state index contributed by atoms with van der Waals surface area (Å²) >= 11 is 0. The van der Waals surface area contributed by atoms with Crippen molar-refractivity contribution >= 4 is 6.09 Å². The fourth-order valence-electron chi connectivity index (χ4n) is 3.30. The van der Waals surface area contributed by atoms with Crippen molar-refractivity contribution in [3.63, 3.8) is 0 Å². The van der Waals surface area contributed by atoms with E-state index in [4.69, 9.17) is 4.74 Å². The van der Waals surface area contributed by atoms with Crippen molar-refractivity contribution < 1.29 is 9.53 Å². The fourth-order valence-corrected chi connectivity index (χ4v) is 3.30. The Morgan fingerprint density at radius 1 is 1.50 bits per heavy atom. The summed E-state index contributed by atoms with van der Waals surface area (Å²) in [5.41, 5.74) is 0. The molecule has 0 aromatic carbocycles. The third-order valence-electron chi connectivity index (χ3n) is 4.40. The van der Waals surface area contributed by atoms with E-state index in [9.17, 15) is 4.79 Å². The highest BCUT2D eigenvalue weighted by Gasteiger charge is 2.37. The molecule has 2 unspecified atom stereocenters. The quantitative estimate of drug-likeness (QED) is 0.828. The maximum absolute atomic E-state index is 11.6. The van der Waals surface area contributed by atoms with Gasteiger partial charge in [0.05, 0.1) is 13.2 Å². The van der Waals surface area contributed by atoms with Crippen LogP contribution < -0.4 is 10.6 Å². The van der Waals surface area contributed by atoms with Crippen molar-refractivity contribution in [2.75, 3.05) is 19.7 Å². The number of nitrogens with zero attached hydrogens (tertiary/aromatic N) is 3. The zero-order valence-corrected chi connectivity index (χ0v) is 11.7. The molecule has 0 bridgehead atoms. The molecule has 1 saturated heterocycles. The molecule has 1 aliphatic heterocycles. The van der Waals surface area contributed by atoms with E-state index in [0.717, 1.165) is 24.9 Å². The molecule has 1 aromatic heterocycles. The molecule has 1 amide bonds. The molecule has 2 N–H and O–H groups in total. The smallest absolute Gasteiger partial charge is 0.407 e. The fraction of sp³-hybridized carbons (Fsp3) is 0.769. The molecule has 0 radical (unpaired) electrons. The summed E-state index contributed by atoms with van der Waals surface area (Å²) < 4.78 is 6.93. The lowest BCUT2D eigenvalue weighted by atomic mass is 10.0. The van der Waals surface area contributed by atoms with Gasteiger partial charge in [0, 0.05) is 7.05 Å². The highest BCUT2D eigenvalue weighted by atomic mass is 16.5. The molecule has 1 aliphatic carbocycles. The van der Waals surface area contributed by atoms with Crippen LogP contribution in [0.2, 0.25) is 0 Å². The number of rotatable bonds is 4. The van der Waals surface area contributed by atoms with Gasteiger partial charge >= 0.3 is 6.09 Å². The number of carbonyl (C=O) groups excluding carboxylic acids is 1. The van der Waals surface area contributed by atoms with Crippen LogP contribution in [0.15, 0.2) is 6.33 Å². The molecule has 0 spiro atoms. The SMILES string of the molecule is Cn1ncnc1CNC(=O)OCC1CC2CNCC2C1. The van der Waals surface area contributed by atoms with Gasteiger partial charge in [-0.3, -0.25) is 4.68 Å². The van der Waals surface area contributed by atoms with Gasteiger partial charge in [0.2, 0.25) is 0 Å². The Morgan fingerprint density at radius 2 is 2.25 bits per heavy atom.